The van der Waals surface area contributed by atoms with Gasteiger partial charge in [-0.25, -0.2) is 0 Å². The van der Waals surface area contributed by atoms with Gasteiger partial charge in [0, 0.05) is 22.2 Å². The molecule has 1 heterocycles. The number of carbonyl (C=O) groups excluding carboxylic acids is 1. The lowest BCUT2D eigenvalue weighted by molar-refractivity contribution is -0.00632. The minimum absolute atomic E-state index is 0.0412. The van der Waals surface area contributed by atoms with E-state index in [0.717, 1.165) is 28.5 Å². The highest BCUT2D eigenvalue weighted by Gasteiger charge is 2.50. The first-order valence-electron chi connectivity index (χ1n) is 11.7. The topological polar surface area (TPSA) is 47.8 Å². The number of para-hydroxylation sites is 1. The quantitative estimate of drug-likeness (QED) is 0.269. The lowest BCUT2D eigenvalue weighted by Crippen LogP contribution is -2.44. The minimum atomic E-state index is -0.0412. The van der Waals surface area contributed by atoms with E-state index in [1.54, 1.807) is 18.2 Å². The van der Waals surface area contributed by atoms with E-state index in [1.165, 1.54) is 43.9 Å². The van der Waals surface area contributed by atoms with Gasteiger partial charge in [-0.2, -0.15) is 0 Å². The summed E-state index contributed by atoms with van der Waals surface area (Å²) >= 11 is 13.7. The van der Waals surface area contributed by atoms with Crippen molar-refractivity contribution in [2.45, 2.75) is 43.2 Å². The number of benzene rings is 2. The number of halogens is 2. The predicted octanol–water partition coefficient (Wildman–Crippen LogP) is 7.09. The summed E-state index contributed by atoms with van der Waals surface area (Å²) in [6.45, 7) is 0. The molecule has 1 aromatic heterocycles. The summed E-state index contributed by atoms with van der Waals surface area (Å²) < 4.78 is 2.20. The zero-order valence-electron chi connectivity index (χ0n) is 18.2. The van der Waals surface area contributed by atoms with E-state index in [4.69, 9.17) is 28.3 Å². The third-order valence-corrected chi connectivity index (χ3v) is 9.24. The predicted molar refractivity (Wildman–Crippen MR) is 133 cm³/mol. The third kappa shape index (κ3) is 4.02. The second kappa shape index (κ2) is 8.75. The second-order valence-electron chi connectivity index (χ2n) is 9.80. The zero-order chi connectivity index (χ0) is 22.5. The number of thioether (sulfide) groups is 1. The van der Waals surface area contributed by atoms with Crippen molar-refractivity contribution >= 4 is 40.7 Å². The van der Waals surface area contributed by atoms with Gasteiger partial charge >= 0.3 is 0 Å². The lowest BCUT2D eigenvalue weighted by atomic mass is 9.51. The van der Waals surface area contributed by atoms with E-state index >= 15 is 0 Å². The Hall–Kier alpha value is -1.82. The van der Waals surface area contributed by atoms with Gasteiger partial charge in [-0.3, -0.25) is 9.36 Å². The number of aromatic nitrogens is 3. The SMILES string of the molecule is O=C(CSc1nnc(C2C3CC4CC(C3)CC2C4)n1-c1ccccc1)c1ccc(Cl)cc1Cl. The first-order chi connectivity index (χ1) is 16.1. The van der Waals surface area contributed by atoms with E-state index < -0.39 is 0 Å². The molecule has 4 aliphatic carbocycles. The molecule has 170 valence electrons. The molecule has 7 rings (SSSR count). The molecule has 0 aliphatic heterocycles. The van der Waals surface area contributed by atoms with Crippen molar-refractivity contribution in [1.29, 1.82) is 0 Å². The molecule has 0 N–H and O–H groups in total. The fourth-order valence-corrected chi connectivity index (χ4v) is 8.04. The van der Waals surface area contributed by atoms with Crippen molar-refractivity contribution in [1.82, 2.24) is 14.8 Å². The number of ketones is 1. The maximum Gasteiger partial charge on any atom is 0.196 e. The van der Waals surface area contributed by atoms with E-state index in [2.05, 4.69) is 21.8 Å². The van der Waals surface area contributed by atoms with Crippen LogP contribution in [0.5, 0.6) is 0 Å². The summed E-state index contributed by atoms with van der Waals surface area (Å²) in [5.74, 6) is 4.98. The Morgan fingerprint density at radius 3 is 2.30 bits per heavy atom. The lowest BCUT2D eigenvalue weighted by Gasteiger charge is -2.54. The Labute approximate surface area is 208 Å². The van der Waals surface area contributed by atoms with Gasteiger partial charge in [0.25, 0.3) is 0 Å². The van der Waals surface area contributed by atoms with Crippen LogP contribution in [0, 0.1) is 23.7 Å². The molecule has 4 nitrogen and oxygen atoms in total. The van der Waals surface area contributed by atoms with Crippen LogP contribution in [0.1, 0.15) is 54.2 Å². The molecule has 33 heavy (non-hydrogen) atoms. The molecule has 4 bridgehead atoms. The number of hydrogen-bond acceptors (Lipinski definition) is 4. The molecule has 0 unspecified atom stereocenters. The van der Waals surface area contributed by atoms with Crippen molar-refractivity contribution < 1.29 is 4.79 Å². The van der Waals surface area contributed by atoms with Crippen LogP contribution in [0.3, 0.4) is 0 Å². The van der Waals surface area contributed by atoms with Crippen LogP contribution in [0.25, 0.3) is 5.69 Å². The van der Waals surface area contributed by atoms with Crippen LogP contribution in [0.4, 0.5) is 0 Å². The minimum Gasteiger partial charge on any atom is -0.293 e. The molecule has 0 spiro atoms. The van der Waals surface area contributed by atoms with Crippen molar-refractivity contribution in [3.8, 4) is 5.69 Å². The Morgan fingerprint density at radius 1 is 0.939 bits per heavy atom. The van der Waals surface area contributed by atoms with Gasteiger partial charge in [-0.1, -0.05) is 53.2 Å². The molecule has 0 atom stereocenters. The molecule has 0 amide bonds. The van der Waals surface area contributed by atoms with Gasteiger partial charge in [0.15, 0.2) is 10.9 Å². The number of carbonyl (C=O) groups is 1. The monoisotopic (exact) mass is 497 g/mol. The first-order valence-corrected chi connectivity index (χ1v) is 13.4. The van der Waals surface area contributed by atoms with Gasteiger partial charge in [0.2, 0.25) is 0 Å². The fourth-order valence-electron chi connectivity index (χ4n) is 6.68. The molecular formula is C26H25Cl2N3OS. The smallest absolute Gasteiger partial charge is 0.196 e. The Morgan fingerprint density at radius 2 is 1.64 bits per heavy atom. The van der Waals surface area contributed by atoms with Crippen LogP contribution in [-0.4, -0.2) is 26.3 Å². The summed E-state index contributed by atoms with van der Waals surface area (Å²) in [5.41, 5.74) is 1.55. The average molecular weight is 498 g/mol. The maximum absolute atomic E-state index is 12.9. The Balaban J connectivity index is 1.31. The van der Waals surface area contributed by atoms with Crippen molar-refractivity contribution in [3.63, 3.8) is 0 Å². The number of nitrogens with zero attached hydrogens (tertiary/aromatic N) is 3. The van der Waals surface area contributed by atoms with Crippen LogP contribution in [0.15, 0.2) is 53.7 Å². The standard InChI is InChI=1S/C26H25Cl2N3OS/c27-19-6-7-21(22(28)13-19)23(32)14-33-26-30-29-25(31(26)20-4-2-1-3-5-20)24-17-9-15-8-16(11-17)12-18(24)10-15/h1-7,13,15-18,24H,8-12,14H2. The van der Waals surface area contributed by atoms with E-state index in [-0.39, 0.29) is 11.5 Å². The molecule has 0 radical (unpaired) electrons. The normalized spacial score (nSPS) is 27.8. The summed E-state index contributed by atoms with van der Waals surface area (Å²) in [7, 11) is 0. The van der Waals surface area contributed by atoms with Crippen molar-refractivity contribution in [2.24, 2.45) is 23.7 Å². The summed E-state index contributed by atoms with van der Waals surface area (Å²) in [6.07, 6.45) is 6.75. The largest absolute Gasteiger partial charge is 0.293 e. The van der Waals surface area contributed by atoms with Crippen molar-refractivity contribution in [2.75, 3.05) is 5.75 Å². The van der Waals surface area contributed by atoms with Crippen LogP contribution in [0.2, 0.25) is 10.0 Å². The number of Topliss-reactive ketones (excluding diaryl/α,β-unsaturated/α-hetero) is 1. The fraction of sp³-hybridized carbons (Fsp3) is 0.423. The number of rotatable bonds is 6. The Kier molecular flexibility index (Phi) is 5.76. The molecule has 7 heteroatoms. The molecular weight excluding hydrogens is 473 g/mol. The van der Waals surface area contributed by atoms with Gasteiger partial charge in [-0.05, 0) is 86.1 Å². The molecule has 3 aromatic rings. The first kappa shape index (κ1) is 21.7. The van der Waals surface area contributed by atoms with Crippen molar-refractivity contribution in [3.05, 3.63) is 70.0 Å². The van der Waals surface area contributed by atoms with Gasteiger partial charge in [0.05, 0.1) is 10.8 Å². The van der Waals surface area contributed by atoms with E-state index in [1.807, 2.05) is 18.2 Å². The van der Waals surface area contributed by atoms with Gasteiger partial charge < -0.3 is 0 Å². The maximum atomic E-state index is 12.9. The van der Waals surface area contributed by atoms with Crippen LogP contribution in [-0.2, 0) is 0 Å². The highest BCUT2D eigenvalue weighted by molar-refractivity contribution is 7.99. The third-order valence-electron chi connectivity index (χ3n) is 7.76. The zero-order valence-corrected chi connectivity index (χ0v) is 20.5. The summed E-state index contributed by atoms with van der Waals surface area (Å²) in [6, 6.07) is 15.3. The van der Waals surface area contributed by atoms with Gasteiger partial charge in [-0.15, -0.1) is 10.2 Å². The van der Waals surface area contributed by atoms with E-state index in [0.29, 0.717) is 33.4 Å². The Bertz CT molecular complexity index is 1170. The summed E-state index contributed by atoms with van der Waals surface area (Å²) in [5, 5.41) is 11.0. The molecule has 4 aliphatic rings. The molecule has 4 fully saturated rings. The molecule has 4 saturated carbocycles. The van der Waals surface area contributed by atoms with Gasteiger partial charge in [0.1, 0.15) is 5.82 Å². The molecule has 2 aromatic carbocycles. The highest BCUT2D eigenvalue weighted by atomic mass is 35.5. The molecule has 0 saturated heterocycles. The highest BCUT2D eigenvalue weighted by Crippen LogP contribution is 2.59. The second-order valence-corrected chi connectivity index (χ2v) is 11.6. The van der Waals surface area contributed by atoms with Crippen LogP contribution < -0.4 is 0 Å². The summed E-state index contributed by atoms with van der Waals surface area (Å²) in [4.78, 5) is 12.9. The van der Waals surface area contributed by atoms with Crippen LogP contribution >= 0.6 is 35.0 Å². The average Bonchev–Trinajstić information content (AvgIpc) is 3.21. The van der Waals surface area contributed by atoms with E-state index in [9.17, 15) is 4.79 Å². The number of hydrogen-bond donors (Lipinski definition) is 0.